The molecule has 0 unspecified atom stereocenters. The Labute approximate surface area is 160 Å². The number of nitrogens with one attached hydrogen (secondary N) is 2. The summed E-state index contributed by atoms with van der Waals surface area (Å²) in [5, 5.41) is 7.32. The quantitative estimate of drug-likeness (QED) is 0.644. The van der Waals surface area contributed by atoms with Gasteiger partial charge in [-0.3, -0.25) is 4.79 Å². The van der Waals surface area contributed by atoms with Crippen molar-refractivity contribution in [1.82, 2.24) is 15.3 Å². The van der Waals surface area contributed by atoms with Crippen molar-refractivity contribution in [3.05, 3.63) is 65.5 Å². The molecule has 1 fully saturated rings. The van der Waals surface area contributed by atoms with E-state index in [0.29, 0.717) is 34.4 Å². The van der Waals surface area contributed by atoms with Crippen molar-refractivity contribution in [2.24, 2.45) is 5.73 Å². The van der Waals surface area contributed by atoms with Gasteiger partial charge >= 0.3 is 0 Å². The van der Waals surface area contributed by atoms with E-state index in [2.05, 4.69) is 20.6 Å². The first kappa shape index (κ1) is 18.2. The molecule has 8 heteroatoms. The summed E-state index contributed by atoms with van der Waals surface area (Å²) < 4.78 is 27.4. The van der Waals surface area contributed by atoms with Crippen LogP contribution in [0.2, 0.25) is 0 Å². The summed E-state index contributed by atoms with van der Waals surface area (Å²) >= 11 is 0. The highest BCUT2D eigenvalue weighted by Gasteiger charge is 2.28. The van der Waals surface area contributed by atoms with Gasteiger partial charge in [0.05, 0.1) is 11.1 Å². The highest BCUT2D eigenvalue weighted by Crippen LogP contribution is 2.30. The lowest BCUT2D eigenvalue weighted by Gasteiger charge is -2.33. The van der Waals surface area contributed by atoms with Crippen molar-refractivity contribution in [3.63, 3.8) is 0 Å². The molecule has 2 heterocycles. The standard InChI is InChI=1S/C20H19F2N5O/c21-12-6-11(7-13(22)8-12)14-4-5-24-9-17(14)27-20-16-3-1-2-15(19(23)28)18(16)25-10-26-20/h1-3,6-8,10,14,17,24H,4-5,9H2,(H2,23,28)(H,25,26,27)/t14-,17+/m1/s1. The Hall–Kier alpha value is -3.13. The van der Waals surface area contributed by atoms with Crippen LogP contribution in [0.1, 0.15) is 28.3 Å². The van der Waals surface area contributed by atoms with E-state index in [1.165, 1.54) is 18.5 Å². The number of hydrogen-bond acceptors (Lipinski definition) is 5. The molecule has 0 bridgehead atoms. The topological polar surface area (TPSA) is 92.9 Å². The first-order valence-corrected chi connectivity index (χ1v) is 8.99. The Morgan fingerprint density at radius 3 is 2.71 bits per heavy atom. The van der Waals surface area contributed by atoms with Crippen molar-refractivity contribution in [1.29, 1.82) is 0 Å². The molecule has 1 aromatic heterocycles. The van der Waals surface area contributed by atoms with Crippen molar-refractivity contribution < 1.29 is 13.6 Å². The van der Waals surface area contributed by atoms with Crippen LogP contribution in [0, 0.1) is 11.6 Å². The third-order valence-electron chi connectivity index (χ3n) is 5.05. The van der Waals surface area contributed by atoms with Gasteiger partial charge in [-0.05, 0) is 42.8 Å². The van der Waals surface area contributed by atoms with E-state index in [1.54, 1.807) is 18.2 Å². The fourth-order valence-electron chi connectivity index (χ4n) is 3.78. The van der Waals surface area contributed by atoms with E-state index >= 15 is 0 Å². The Morgan fingerprint density at radius 1 is 1.18 bits per heavy atom. The second-order valence-electron chi connectivity index (χ2n) is 6.84. The number of fused-ring (bicyclic) bond motifs is 1. The molecule has 0 spiro atoms. The number of benzene rings is 2. The van der Waals surface area contributed by atoms with E-state index in [-0.39, 0.29) is 12.0 Å². The number of nitrogens with zero attached hydrogens (tertiary/aromatic N) is 2. The Bertz CT molecular complexity index is 1020. The van der Waals surface area contributed by atoms with E-state index < -0.39 is 17.5 Å². The molecule has 1 saturated heterocycles. The first-order chi connectivity index (χ1) is 13.5. The Kier molecular flexibility index (Phi) is 4.87. The van der Waals surface area contributed by atoms with E-state index in [1.807, 2.05) is 0 Å². The normalized spacial score (nSPS) is 19.5. The fraction of sp³-hybridized carbons (Fsp3) is 0.250. The van der Waals surface area contributed by atoms with Crippen LogP contribution in [0.25, 0.3) is 10.9 Å². The number of anilines is 1. The molecule has 28 heavy (non-hydrogen) atoms. The zero-order valence-electron chi connectivity index (χ0n) is 15.0. The van der Waals surface area contributed by atoms with Gasteiger partial charge in [0.25, 0.3) is 5.91 Å². The fourth-order valence-corrected chi connectivity index (χ4v) is 3.78. The molecular formula is C20H19F2N5O. The monoisotopic (exact) mass is 383 g/mol. The molecule has 2 atom stereocenters. The Balaban J connectivity index is 1.71. The maximum atomic E-state index is 13.7. The second kappa shape index (κ2) is 7.47. The predicted molar refractivity (Wildman–Crippen MR) is 102 cm³/mol. The van der Waals surface area contributed by atoms with Crippen LogP contribution >= 0.6 is 0 Å². The van der Waals surface area contributed by atoms with Gasteiger partial charge in [0.2, 0.25) is 0 Å². The lowest BCUT2D eigenvalue weighted by molar-refractivity contribution is 0.100. The van der Waals surface area contributed by atoms with Gasteiger partial charge in [0, 0.05) is 30.0 Å². The second-order valence-corrected chi connectivity index (χ2v) is 6.84. The number of nitrogens with two attached hydrogens (primary N) is 1. The summed E-state index contributed by atoms with van der Waals surface area (Å²) in [6.45, 7) is 1.35. The minimum absolute atomic E-state index is 0.101. The molecule has 2 aromatic carbocycles. The van der Waals surface area contributed by atoms with E-state index in [9.17, 15) is 13.6 Å². The van der Waals surface area contributed by atoms with Crippen LogP contribution in [0.3, 0.4) is 0 Å². The molecule has 6 nitrogen and oxygen atoms in total. The minimum Gasteiger partial charge on any atom is -0.366 e. The van der Waals surface area contributed by atoms with Gasteiger partial charge < -0.3 is 16.4 Å². The molecule has 1 aliphatic rings. The molecule has 0 aliphatic carbocycles. The SMILES string of the molecule is NC(=O)c1cccc2c(N[C@H]3CNCC[C@@H]3c3cc(F)cc(F)c3)ncnc12. The van der Waals surface area contributed by atoms with Gasteiger partial charge in [-0.15, -0.1) is 0 Å². The van der Waals surface area contributed by atoms with E-state index in [4.69, 9.17) is 5.73 Å². The first-order valence-electron chi connectivity index (χ1n) is 8.99. The molecule has 0 radical (unpaired) electrons. The molecule has 1 amide bonds. The number of carbonyl (C=O) groups excluding carboxylic acids is 1. The lowest BCUT2D eigenvalue weighted by Crippen LogP contribution is -2.44. The summed E-state index contributed by atoms with van der Waals surface area (Å²) in [5.41, 5.74) is 6.82. The third kappa shape index (κ3) is 3.50. The molecule has 0 saturated carbocycles. The summed E-state index contributed by atoms with van der Waals surface area (Å²) in [7, 11) is 0. The number of aromatic nitrogens is 2. The van der Waals surface area contributed by atoms with Gasteiger partial charge in [0.1, 0.15) is 23.8 Å². The number of hydrogen-bond donors (Lipinski definition) is 3. The number of carbonyl (C=O) groups is 1. The average Bonchev–Trinajstić information content (AvgIpc) is 2.67. The number of primary amides is 1. The maximum Gasteiger partial charge on any atom is 0.250 e. The van der Waals surface area contributed by atoms with Crippen LogP contribution in [0.5, 0.6) is 0 Å². The summed E-state index contributed by atoms with van der Waals surface area (Å²) in [6.07, 6.45) is 2.08. The molecule has 144 valence electrons. The van der Waals surface area contributed by atoms with Crippen molar-refractivity contribution in [3.8, 4) is 0 Å². The van der Waals surface area contributed by atoms with Gasteiger partial charge in [-0.1, -0.05) is 6.07 Å². The van der Waals surface area contributed by atoms with Gasteiger partial charge in [-0.2, -0.15) is 0 Å². The minimum atomic E-state index is -0.592. The zero-order chi connectivity index (χ0) is 19.7. The molecule has 3 aromatic rings. The zero-order valence-corrected chi connectivity index (χ0v) is 15.0. The van der Waals surface area contributed by atoms with Crippen LogP contribution in [0.15, 0.2) is 42.7 Å². The van der Waals surface area contributed by atoms with E-state index in [0.717, 1.165) is 19.0 Å². The predicted octanol–water partition coefficient (Wildman–Crippen LogP) is 2.56. The molecule has 1 aliphatic heterocycles. The largest absolute Gasteiger partial charge is 0.366 e. The van der Waals surface area contributed by atoms with Crippen LogP contribution < -0.4 is 16.4 Å². The van der Waals surface area contributed by atoms with Crippen LogP contribution in [-0.4, -0.2) is 35.0 Å². The van der Waals surface area contributed by atoms with Gasteiger partial charge in [0.15, 0.2) is 0 Å². The van der Waals surface area contributed by atoms with Crippen LogP contribution in [0.4, 0.5) is 14.6 Å². The number of amides is 1. The van der Waals surface area contributed by atoms with Crippen molar-refractivity contribution in [2.45, 2.75) is 18.4 Å². The summed E-state index contributed by atoms with van der Waals surface area (Å²) in [4.78, 5) is 20.2. The average molecular weight is 383 g/mol. The lowest BCUT2D eigenvalue weighted by atomic mass is 9.86. The molecular weight excluding hydrogens is 364 g/mol. The number of rotatable bonds is 4. The summed E-state index contributed by atoms with van der Waals surface area (Å²) in [5.74, 6) is -1.31. The number of para-hydroxylation sites is 1. The third-order valence-corrected chi connectivity index (χ3v) is 5.05. The van der Waals surface area contributed by atoms with Crippen molar-refractivity contribution in [2.75, 3.05) is 18.4 Å². The van der Waals surface area contributed by atoms with Crippen molar-refractivity contribution >= 4 is 22.6 Å². The number of halogens is 2. The smallest absolute Gasteiger partial charge is 0.250 e. The van der Waals surface area contributed by atoms with Gasteiger partial charge in [-0.25, -0.2) is 18.7 Å². The Morgan fingerprint density at radius 2 is 1.96 bits per heavy atom. The molecule has 4 rings (SSSR count). The number of piperidine rings is 1. The maximum absolute atomic E-state index is 13.7. The molecule has 4 N–H and O–H groups in total. The summed E-state index contributed by atoms with van der Waals surface area (Å²) in [6, 6.07) is 8.60. The highest BCUT2D eigenvalue weighted by molar-refractivity contribution is 6.06. The van der Waals surface area contributed by atoms with Crippen LogP contribution in [-0.2, 0) is 0 Å². The highest BCUT2D eigenvalue weighted by atomic mass is 19.1.